The van der Waals surface area contributed by atoms with Gasteiger partial charge in [-0.3, -0.25) is 14.1 Å². The second kappa shape index (κ2) is 35.9. The molecule has 0 unspecified atom stereocenters. The number of carbonyl (C=O) groups excluding carboxylic acids is 2. The molecule has 9 heteroatoms. The number of hydrogen-bond donors (Lipinski definition) is 2. The highest BCUT2D eigenvalue weighted by molar-refractivity contribution is 7.46. The lowest BCUT2D eigenvalue weighted by Gasteiger charge is -2.18. The molecule has 0 heterocycles. The molecule has 1 atom stereocenters. The molecule has 0 saturated heterocycles. The molecule has 0 aliphatic rings. The SMILES string of the molecule is CCCCCCCCCCCCCCCCCC(=O)OC[C@@H](COP(=O)(O)O)OC(=O)CCCCCCCCCCCCCCCCC. The monoisotopic (exact) mass is 705 g/mol. The van der Waals surface area contributed by atoms with Crippen LogP contribution in [0.15, 0.2) is 0 Å². The van der Waals surface area contributed by atoms with Crippen molar-refractivity contribution in [3.63, 3.8) is 0 Å². The van der Waals surface area contributed by atoms with Crippen LogP contribution in [0.2, 0.25) is 0 Å². The minimum Gasteiger partial charge on any atom is -0.462 e. The summed E-state index contributed by atoms with van der Waals surface area (Å²) >= 11 is 0. The molecule has 0 radical (unpaired) electrons. The van der Waals surface area contributed by atoms with Crippen LogP contribution in [0, 0.1) is 0 Å². The molecule has 0 aromatic heterocycles. The van der Waals surface area contributed by atoms with Gasteiger partial charge in [-0.2, -0.15) is 0 Å². The molecule has 0 saturated carbocycles. The number of phosphoric ester groups is 1. The molecule has 0 spiro atoms. The van der Waals surface area contributed by atoms with Gasteiger partial charge >= 0.3 is 19.8 Å². The summed E-state index contributed by atoms with van der Waals surface area (Å²) < 4.78 is 26.4. The Balaban J connectivity index is 3.88. The van der Waals surface area contributed by atoms with Gasteiger partial charge in [0.05, 0.1) is 6.61 Å². The molecule has 0 aliphatic carbocycles. The molecule has 8 nitrogen and oxygen atoms in total. The van der Waals surface area contributed by atoms with Gasteiger partial charge in [0.15, 0.2) is 6.10 Å². The highest BCUT2D eigenvalue weighted by atomic mass is 31.2. The summed E-state index contributed by atoms with van der Waals surface area (Å²) in [5, 5.41) is 0. The second-order valence-corrected chi connectivity index (χ2v) is 15.2. The lowest BCUT2D eigenvalue weighted by atomic mass is 10.0. The van der Waals surface area contributed by atoms with Crippen LogP contribution in [0.25, 0.3) is 0 Å². The van der Waals surface area contributed by atoms with Crippen LogP contribution in [0.5, 0.6) is 0 Å². The zero-order valence-electron chi connectivity index (χ0n) is 31.4. The van der Waals surface area contributed by atoms with Crippen LogP contribution in [0.3, 0.4) is 0 Å². The van der Waals surface area contributed by atoms with Crippen molar-refractivity contribution in [3.8, 4) is 0 Å². The number of hydrogen-bond acceptors (Lipinski definition) is 6. The van der Waals surface area contributed by atoms with Gasteiger partial charge in [0.25, 0.3) is 0 Å². The summed E-state index contributed by atoms with van der Waals surface area (Å²) in [4.78, 5) is 42.8. The second-order valence-electron chi connectivity index (χ2n) is 14.0. The van der Waals surface area contributed by atoms with Crippen molar-refractivity contribution < 1.29 is 37.9 Å². The Kier molecular flexibility index (Phi) is 35.2. The van der Waals surface area contributed by atoms with Gasteiger partial charge < -0.3 is 19.3 Å². The van der Waals surface area contributed by atoms with Gasteiger partial charge in [-0.1, -0.05) is 194 Å². The van der Waals surface area contributed by atoms with Crippen molar-refractivity contribution in [1.82, 2.24) is 0 Å². The van der Waals surface area contributed by atoms with Gasteiger partial charge in [0.2, 0.25) is 0 Å². The van der Waals surface area contributed by atoms with E-state index in [0.29, 0.717) is 6.42 Å². The third-order valence-corrected chi connectivity index (χ3v) is 9.61. The van der Waals surface area contributed by atoms with Crippen molar-refractivity contribution >= 4 is 19.8 Å². The van der Waals surface area contributed by atoms with E-state index in [4.69, 9.17) is 19.3 Å². The van der Waals surface area contributed by atoms with Crippen LogP contribution in [0.1, 0.15) is 219 Å². The van der Waals surface area contributed by atoms with E-state index in [1.165, 1.54) is 154 Å². The van der Waals surface area contributed by atoms with Gasteiger partial charge in [-0.25, -0.2) is 4.57 Å². The van der Waals surface area contributed by atoms with Crippen LogP contribution >= 0.6 is 7.82 Å². The number of phosphoric acid groups is 1. The quantitative estimate of drug-likeness (QED) is 0.0370. The molecule has 0 bridgehead atoms. The third kappa shape index (κ3) is 37.9. The maximum Gasteiger partial charge on any atom is 0.469 e. The van der Waals surface area contributed by atoms with Gasteiger partial charge in [0, 0.05) is 12.8 Å². The van der Waals surface area contributed by atoms with Crippen molar-refractivity contribution in [2.24, 2.45) is 0 Å². The molecule has 286 valence electrons. The molecule has 2 N–H and O–H groups in total. The summed E-state index contributed by atoms with van der Waals surface area (Å²) in [7, 11) is -4.74. The molecule has 48 heavy (non-hydrogen) atoms. The maximum atomic E-state index is 12.4. The van der Waals surface area contributed by atoms with E-state index in [-0.39, 0.29) is 19.4 Å². The Morgan fingerprint density at radius 2 is 0.750 bits per heavy atom. The minimum atomic E-state index is -4.74. The highest BCUT2D eigenvalue weighted by Crippen LogP contribution is 2.36. The molecule has 0 fully saturated rings. The minimum absolute atomic E-state index is 0.220. The highest BCUT2D eigenvalue weighted by Gasteiger charge is 2.22. The average molecular weight is 705 g/mol. The first-order valence-electron chi connectivity index (χ1n) is 20.3. The van der Waals surface area contributed by atoms with Gasteiger partial charge in [-0.05, 0) is 12.8 Å². The van der Waals surface area contributed by atoms with E-state index in [9.17, 15) is 14.2 Å². The predicted octanol–water partition coefficient (Wildman–Crippen LogP) is 12.1. The number of ether oxygens (including phenoxy) is 2. The third-order valence-electron chi connectivity index (χ3n) is 9.13. The van der Waals surface area contributed by atoms with Gasteiger partial charge in [-0.15, -0.1) is 0 Å². The first-order valence-corrected chi connectivity index (χ1v) is 21.9. The molecular formula is C39H77O8P. The van der Waals surface area contributed by atoms with Crippen molar-refractivity contribution in [2.45, 2.75) is 225 Å². The largest absolute Gasteiger partial charge is 0.469 e. The average Bonchev–Trinajstić information content (AvgIpc) is 3.05. The Hall–Kier alpha value is -0.950. The van der Waals surface area contributed by atoms with Crippen LogP contribution in [-0.4, -0.2) is 41.0 Å². The fraction of sp³-hybridized carbons (Fsp3) is 0.949. The standard InChI is InChI=1S/C39H77O8P/c1-3-5-7-9-11-13-15-17-19-21-23-25-27-29-31-33-38(40)45-35-37(36-46-48(42,43)44)47-39(41)34-32-30-28-26-24-22-20-18-16-14-12-10-8-6-4-2/h37H,3-36H2,1-2H3,(H2,42,43,44)/t37-/m0/s1. The number of unbranched alkanes of at least 4 members (excludes halogenated alkanes) is 28. The first kappa shape index (κ1) is 47.0. The van der Waals surface area contributed by atoms with Gasteiger partial charge in [0.1, 0.15) is 6.61 Å². The zero-order valence-corrected chi connectivity index (χ0v) is 32.3. The summed E-state index contributed by atoms with van der Waals surface area (Å²) in [6.07, 6.45) is 36.8. The topological polar surface area (TPSA) is 119 Å². The predicted molar refractivity (Wildman–Crippen MR) is 198 cm³/mol. The summed E-state index contributed by atoms with van der Waals surface area (Å²) in [6, 6.07) is 0. The van der Waals surface area contributed by atoms with Crippen molar-refractivity contribution in [3.05, 3.63) is 0 Å². The van der Waals surface area contributed by atoms with Crippen molar-refractivity contribution in [2.75, 3.05) is 13.2 Å². The molecule has 0 aromatic rings. The Morgan fingerprint density at radius 1 is 0.458 bits per heavy atom. The lowest BCUT2D eigenvalue weighted by molar-refractivity contribution is -0.161. The molecule has 0 aromatic carbocycles. The Labute approximate surface area is 295 Å². The lowest BCUT2D eigenvalue weighted by Crippen LogP contribution is -2.29. The van der Waals surface area contributed by atoms with E-state index in [0.717, 1.165) is 32.1 Å². The molecule has 0 aliphatic heterocycles. The Bertz CT molecular complexity index is 756. The number of rotatable bonds is 38. The van der Waals surface area contributed by atoms with E-state index >= 15 is 0 Å². The first-order chi connectivity index (χ1) is 23.3. The summed E-state index contributed by atoms with van der Waals surface area (Å²) in [5.74, 6) is -0.869. The maximum absolute atomic E-state index is 12.4. The smallest absolute Gasteiger partial charge is 0.462 e. The molecule has 0 rings (SSSR count). The Morgan fingerprint density at radius 3 is 1.06 bits per heavy atom. The zero-order chi connectivity index (χ0) is 35.4. The van der Waals surface area contributed by atoms with Crippen LogP contribution < -0.4 is 0 Å². The normalized spacial score (nSPS) is 12.3. The van der Waals surface area contributed by atoms with E-state index in [2.05, 4.69) is 18.4 Å². The summed E-state index contributed by atoms with van der Waals surface area (Å²) in [6.45, 7) is 3.71. The van der Waals surface area contributed by atoms with Crippen LogP contribution in [-0.2, 0) is 28.2 Å². The van der Waals surface area contributed by atoms with Crippen LogP contribution in [0.4, 0.5) is 0 Å². The van der Waals surface area contributed by atoms with E-state index < -0.39 is 32.5 Å². The molecular weight excluding hydrogens is 627 g/mol. The number of carbonyl (C=O) groups is 2. The van der Waals surface area contributed by atoms with Crippen molar-refractivity contribution in [1.29, 1.82) is 0 Å². The molecule has 0 amide bonds. The number of esters is 2. The summed E-state index contributed by atoms with van der Waals surface area (Å²) in [5.41, 5.74) is 0. The fourth-order valence-corrected chi connectivity index (χ4v) is 6.44. The van der Waals surface area contributed by atoms with E-state index in [1.807, 2.05) is 0 Å². The van der Waals surface area contributed by atoms with E-state index in [1.54, 1.807) is 0 Å². The fourth-order valence-electron chi connectivity index (χ4n) is 6.08.